The van der Waals surface area contributed by atoms with E-state index in [2.05, 4.69) is 15.3 Å². The zero-order valence-corrected chi connectivity index (χ0v) is 11.0. The standard InChI is InChI=1S/C14H10ClN3O2/c15-8-3-4-13(19)11(6-8)18-14(20)12-7-10-9(17-12)2-1-5-16-10/h1-7,17,19H,(H,18,20). The van der Waals surface area contributed by atoms with E-state index in [4.69, 9.17) is 11.6 Å². The van der Waals surface area contributed by atoms with Crippen molar-refractivity contribution in [2.75, 3.05) is 5.32 Å². The average molecular weight is 288 g/mol. The number of aromatic hydroxyl groups is 1. The van der Waals surface area contributed by atoms with Crippen LogP contribution in [-0.2, 0) is 0 Å². The van der Waals surface area contributed by atoms with Gasteiger partial charge in [-0.25, -0.2) is 0 Å². The summed E-state index contributed by atoms with van der Waals surface area (Å²) >= 11 is 5.83. The Labute approximate surface area is 119 Å². The second-order valence-corrected chi connectivity index (χ2v) is 4.67. The lowest BCUT2D eigenvalue weighted by Crippen LogP contribution is -2.12. The SMILES string of the molecule is O=C(Nc1cc(Cl)ccc1O)c1cc2ncccc2[nH]1. The lowest BCUT2D eigenvalue weighted by atomic mass is 10.3. The van der Waals surface area contributed by atoms with E-state index in [1.807, 2.05) is 6.07 Å². The van der Waals surface area contributed by atoms with Gasteiger partial charge in [0.05, 0.1) is 16.7 Å². The number of fused-ring (bicyclic) bond motifs is 1. The Hall–Kier alpha value is -2.53. The van der Waals surface area contributed by atoms with Gasteiger partial charge in [-0.15, -0.1) is 0 Å². The molecule has 6 heteroatoms. The predicted octanol–water partition coefficient (Wildman–Crippen LogP) is 3.17. The summed E-state index contributed by atoms with van der Waals surface area (Å²) in [6.45, 7) is 0. The summed E-state index contributed by atoms with van der Waals surface area (Å²) in [7, 11) is 0. The molecule has 0 aliphatic rings. The van der Waals surface area contributed by atoms with Gasteiger partial charge in [-0.05, 0) is 36.4 Å². The number of hydrogen-bond acceptors (Lipinski definition) is 3. The van der Waals surface area contributed by atoms with Crippen LogP contribution in [0.3, 0.4) is 0 Å². The zero-order chi connectivity index (χ0) is 14.1. The van der Waals surface area contributed by atoms with Crippen LogP contribution in [-0.4, -0.2) is 21.0 Å². The summed E-state index contributed by atoms with van der Waals surface area (Å²) in [6, 6.07) is 9.70. The summed E-state index contributed by atoms with van der Waals surface area (Å²) in [4.78, 5) is 19.2. The molecule has 3 N–H and O–H groups in total. The molecule has 5 nitrogen and oxygen atoms in total. The van der Waals surface area contributed by atoms with Crippen LogP contribution in [0.5, 0.6) is 5.75 Å². The van der Waals surface area contributed by atoms with Gasteiger partial charge in [0.1, 0.15) is 11.4 Å². The molecule has 0 atom stereocenters. The van der Waals surface area contributed by atoms with Gasteiger partial charge in [0, 0.05) is 11.2 Å². The van der Waals surface area contributed by atoms with Gasteiger partial charge in [-0.3, -0.25) is 9.78 Å². The number of nitrogens with one attached hydrogen (secondary N) is 2. The molecule has 1 amide bonds. The van der Waals surface area contributed by atoms with Gasteiger partial charge >= 0.3 is 0 Å². The van der Waals surface area contributed by atoms with E-state index in [-0.39, 0.29) is 17.3 Å². The highest BCUT2D eigenvalue weighted by Gasteiger charge is 2.12. The first-order valence-corrected chi connectivity index (χ1v) is 6.25. The number of carbonyl (C=O) groups is 1. The molecule has 0 radical (unpaired) electrons. The number of hydrogen-bond donors (Lipinski definition) is 3. The third-order valence-corrected chi connectivity index (χ3v) is 3.08. The van der Waals surface area contributed by atoms with E-state index < -0.39 is 0 Å². The van der Waals surface area contributed by atoms with Gasteiger partial charge in [-0.2, -0.15) is 0 Å². The maximum atomic E-state index is 12.1. The Morgan fingerprint density at radius 1 is 1.30 bits per heavy atom. The highest BCUT2D eigenvalue weighted by molar-refractivity contribution is 6.31. The van der Waals surface area contributed by atoms with E-state index in [0.717, 1.165) is 5.52 Å². The molecule has 2 heterocycles. The third-order valence-electron chi connectivity index (χ3n) is 2.84. The van der Waals surface area contributed by atoms with Crippen LogP contribution in [0.4, 0.5) is 5.69 Å². The van der Waals surface area contributed by atoms with Gasteiger partial charge in [0.25, 0.3) is 5.91 Å². The molecule has 0 unspecified atom stereocenters. The molecule has 0 aliphatic heterocycles. The second kappa shape index (κ2) is 4.86. The number of nitrogens with zero attached hydrogens (tertiary/aromatic N) is 1. The fourth-order valence-electron chi connectivity index (χ4n) is 1.88. The molecule has 0 aliphatic carbocycles. The molecule has 0 saturated heterocycles. The number of anilines is 1. The largest absolute Gasteiger partial charge is 0.506 e. The summed E-state index contributed by atoms with van der Waals surface area (Å²) in [5.41, 5.74) is 2.09. The average Bonchev–Trinajstić information content (AvgIpc) is 2.87. The summed E-state index contributed by atoms with van der Waals surface area (Å²) in [5, 5.41) is 12.7. The topological polar surface area (TPSA) is 78.0 Å². The van der Waals surface area contributed by atoms with Crippen LogP contribution < -0.4 is 5.32 Å². The van der Waals surface area contributed by atoms with Crippen molar-refractivity contribution in [1.82, 2.24) is 9.97 Å². The molecule has 100 valence electrons. The number of benzene rings is 1. The molecule has 0 bridgehead atoms. The van der Waals surface area contributed by atoms with Gasteiger partial charge in [-0.1, -0.05) is 11.6 Å². The fourth-order valence-corrected chi connectivity index (χ4v) is 2.05. The van der Waals surface area contributed by atoms with Crippen LogP contribution >= 0.6 is 11.6 Å². The first-order valence-electron chi connectivity index (χ1n) is 5.87. The van der Waals surface area contributed by atoms with Crippen molar-refractivity contribution in [2.45, 2.75) is 0 Å². The summed E-state index contributed by atoms with van der Waals surface area (Å²) < 4.78 is 0. The molecule has 0 spiro atoms. The maximum absolute atomic E-state index is 12.1. The monoisotopic (exact) mass is 287 g/mol. The number of amides is 1. The van der Waals surface area contributed by atoms with Crippen molar-refractivity contribution in [3.8, 4) is 5.75 Å². The van der Waals surface area contributed by atoms with Crippen molar-refractivity contribution >= 4 is 34.2 Å². The Morgan fingerprint density at radius 2 is 2.15 bits per heavy atom. The molecule has 2 aromatic heterocycles. The van der Waals surface area contributed by atoms with Crippen molar-refractivity contribution in [3.63, 3.8) is 0 Å². The predicted molar refractivity (Wildman–Crippen MR) is 77.2 cm³/mol. The quantitative estimate of drug-likeness (QED) is 0.634. The molecular formula is C14H10ClN3O2. The number of H-pyrrole nitrogens is 1. The van der Waals surface area contributed by atoms with Gasteiger partial charge in [0.15, 0.2) is 0 Å². The Kier molecular flexibility index (Phi) is 3.04. The van der Waals surface area contributed by atoms with Crippen molar-refractivity contribution in [3.05, 3.63) is 53.3 Å². The zero-order valence-electron chi connectivity index (χ0n) is 10.2. The van der Waals surface area contributed by atoms with Gasteiger partial charge in [0.2, 0.25) is 0 Å². The minimum atomic E-state index is -0.374. The number of pyridine rings is 1. The van der Waals surface area contributed by atoms with Gasteiger partial charge < -0.3 is 15.4 Å². The molecule has 0 fully saturated rings. The lowest BCUT2D eigenvalue weighted by Gasteiger charge is -2.06. The minimum Gasteiger partial charge on any atom is -0.506 e. The Morgan fingerprint density at radius 3 is 2.95 bits per heavy atom. The number of rotatable bonds is 2. The van der Waals surface area contributed by atoms with E-state index in [1.165, 1.54) is 12.1 Å². The molecule has 3 rings (SSSR count). The number of aromatic nitrogens is 2. The molecule has 3 aromatic rings. The number of phenolic OH excluding ortho intramolecular Hbond substituents is 1. The fraction of sp³-hybridized carbons (Fsp3) is 0. The van der Waals surface area contributed by atoms with E-state index in [9.17, 15) is 9.90 Å². The normalized spacial score (nSPS) is 10.7. The molecule has 20 heavy (non-hydrogen) atoms. The first kappa shape index (κ1) is 12.5. The van der Waals surface area contributed by atoms with Crippen molar-refractivity contribution in [1.29, 1.82) is 0 Å². The molecule has 1 aromatic carbocycles. The number of halogens is 1. The smallest absolute Gasteiger partial charge is 0.272 e. The highest BCUT2D eigenvalue weighted by Crippen LogP contribution is 2.27. The lowest BCUT2D eigenvalue weighted by molar-refractivity contribution is 0.102. The molecule has 0 saturated carbocycles. The molecular weight excluding hydrogens is 278 g/mol. The van der Waals surface area contributed by atoms with E-state index in [0.29, 0.717) is 16.2 Å². The van der Waals surface area contributed by atoms with Crippen LogP contribution in [0.25, 0.3) is 11.0 Å². The van der Waals surface area contributed by atoms with Crippen LogP contribution in [0.2, 0.25) is 5.02 Å². The van der Waals surface area contributed by atoms with Crippen LogP contribution in [0.1, 0.15) is 10.5 Å². The van der Waals surface area contributed by atoms with E-state index in [1.54, 1.807) is 24.4 Å². The van der Waals surface area contributed by atoms with E-state index >= 15 is 0 Å². The third kappa shape index (κ3) is 2.31. The summed E-state index contributed by atoms with van der Waals surface area (Å²) in [6.07, 6.45) is 1.65. The van der Waals surface area contributed by atoms with Crippen molar-refractivity contribution in [2.24, 2.45) is 0 Å². The van der Waals surface area contributed by atoms with Crippen LogP contribution in [0.15, 0.2) is 42.6 Å². The Bertz CT molecular complexity index is 765. The maximum Gasteiger partial charge on any atom is 0.272 e. The minimum absolute atomic E-state index is 0.0445. The number of phenols is 1. The highest BCUT2D eigenvalue weighted by atomic mass is 35.5. The summed E-state index contributed by atoms with van der Waals surface area (Å²) in [5.74, 6) is -0.419. The number of aromatic amines is 1. The Balaban J connectivity index is 1.90. The first-order chi connectivity index (χ1) is 9.63. The number of carbonyl (C=O) groups excluding carboxylic acids is 1. The van der Waals surface area contributed by atoms with Crippen LogP contribution in [0, 0.1) is 0 Å². The van der Waals surface area contributed by atoms with Crippen molar-refractivity contribution < 1.29 is 9.90 Å². The second-order valence-electron chi connectivity index (χ2n) is 4.23.